The molecule has 0 unspecified atom stereocenters. The van der Waals surface area contributed by atoms with Crippen LogP contribution in [0.5, 0.6) is 0 Å². The fourth-order valence-corrected chi connectivity index (χ4v) is 10.4. The van der Waals surface area contributed by atoms with E-state index in [0.717, 1.165) is 111 Å². The molecule has 0 fully saturated rings. The molecular weight excluding hydrogens is 883 g/mol. The van der Waals surface area contributed by atoms with Crippen LogP contribution < -0.4 is 9.80 Å². The van der Waals surface area contributed by atoms with Crippen LogP contribution in [0.15, 0.2) is 231 Å². The summed E-state index contributed by atoms with van der Waals surface area (Å²) in [7, 11) is 0. The average Bonchev–Trinajstić information content (AvgIpc) is 3.41. The third kappa shape index (κ3) is 7.92. The Balaban J connectivity index is 1.11. The number of hydrogen-bond donors (Lipinski definition) is 0. The summed E-state index contributed by atoms with van der Waals surface area (Å²) in [5.41, 5.74) is 15.2. The zero-order valence-corrected chi connectivity index (χ0v) is 40.6. The molecule has 0 aliphatic heterocycles. The SMILES string of the molecule is Cc1ccc(-c2cc(-c3ccc(C)cc3)c(F)c(N(c3ccccc3)c3ccc4ccc5c(N(c6ccccc6)c6cc(-c7ccc(C)cc7)cc(-c7ccc(C)cc7)c6F)ccc6ccc3c4c65)c2)cc1. The monoisotopic (exact) mass is 932 g/mol. The Morgan fingerprint density at radius 3 is 0.944 bits per heavy atom. The van der Waals surface area contributed by atoms with Gasteiger partial charge in [-0.05, 0) is 143 Å². The molecule has 12 aromatic carbocycles. The predicted octanol–water partition coefficient (Wildman–Crippen LogP) is 19.7. The lowest BCUT2D eigenvalue weighted by Crippen LogP contribution is -2.14. The van der Waals surface area contributed by atoms with Crippen LogP contribution in [0.2, 0.25) is 0 Å². The van der Waals surface area contributed by atoms with Crippen molar-refractivity contribution in [3.05, 3.63) is 264 Å². The van der Waals surface area contributed by atoms with Gasteiger partial charge in [-0.2, -0.15) is 0 Å². The molecule has 0 N–H and O–H groups in total. The van der Waals surface area contributed by atoms with E-state index in [0.29, 0.717) is 22.5 Å². The van der Waals surface area contributed by atoms with E-state index in [-0.39, 0.29) is 11.6 Å². The predicted molar refractivity (Wildman–Crippen MR) is 300 cm³/mol. The third-order valence-electron chi connectivity index (χ3n) is 14.2. The van der Waals surface area contributed by atoms with Gasteiger partial charge in [-0.3, -0.25) is 0 Å². The summed E-state index contributed by atoms with van der Waals surface area (Å²) in [5.74, 6) is -0.630. The maximum absolute atomic E-state index is 18.0. The normalized spacial score (nSPS) is 11.5. The molecule has 0 aliphatic carbocycles. The largest absolute Gasteiger partial charge is 0.307 e. The zero-order valence-electron chi connectivity index (χ0n) is 40.6. The summed E-state index contributed by atoms with van der Waals surface area (Å²) in [6, 6.07) is 78.3. The topological polar surface area (TPSA) is 6.48 Å². The van der Waals surface area contributed by atoms with Crippen LogP contribution in [0.3, 0.4) is 0 Å². The first-order valence-corrected chi connectivity index (χ1v) is 24.5. The van der Waals surface area contributed by atoms with Crippen LogP contribution in [-0.4, -0.2) is 0 Å². The van der Waals surface area contributed by atoms with E-state index >= 15 is 8.78 Å². The number of aryl methyl sites for hydroxylation is 4. The molecule has 72 heavy (non-hydrogen) atoms. The van der Waals surface area contributed by atoms with Crippen LogP contribution >= 0.6 is 0 Å². The van der Waals surface area contributed by atoms with Gasteiger partial charge in [-0.25, -0.2) is 8.78 Å². The molecule has 0 aliphatic rings. The molecule has 346 valence electrons. The van der Waals surface area contributed by atoms with Crippen molar-refractivity contribution in [2.75, 3.05) is 9.80 Å². The molecule has 0 spiro atoms. The number of rotatable bonds is 10. The van der Waals surface area contributed by atoms with Crippen LogP contribution in [0, 0.1) is 39.3 Å². The maximum atomic E-state index is 18.0. The van der Waals surface area contributed by atoms with Crippen molar-refractivity contribution in [1.29, 1.82) is 0 Å². The number of anilines is 6. The summed E-state index contributed by atoms with van der Waals surface area (Å²) < 4.78 is 35.9. The number of benzene rings is 12. The Kier molecular flexibility index (Phi) is 11.2. The molecule has 4 heteroatoms. The van der Waals surface area contributed by atoms with Crippen molar-refractivity contribution >= 4 is 66.4 Å². The smallest absolute Gasteiger partial charge is 0.155 e. The number of hydrogen-bond acceptors (Lipinski definition) is 2. The molecule has 12 aromatic rings. The minimum Gasteiger partial charge on any atom is -0.307 e. The molecule has 0 atom stereocenters. The fraction of sp³-hybridized carbons (Fsp3) is 0.0588. The Bertz CT molecular complexity index is 3680. The van der Waals surface area contributed by atoms with Gasteiger partial charge < -0.3 is 9.80 Å². The second kappa shape index (κ2) is 18.1. The average molecular weight is 933 g/mol. The van der Waals surface area contributed by atoms with Crippen molar-refractivity contribution in [2.24, 2.45) is 0 Å². The van der Waals surface area contributed by atoms with Gasteiger partial charge in [0.1, 0.15) is 0 Å². The second-order valence-electron chi connectivity index (χ2n) is 19.1. The van der Waals surface area contributed by atoms with E-state index in [2.05, 4.69) is 121 Å². The first kappa shape index (κ1) is 44.4. The van der Waals surface area contributed by atoms with Crippen LogP contribution in [0.25, 0.3) is 76.8 Å². The summed E-state index contributed by atoms with van der Waals surface area (Å²) in [5, 5.41) is 6.11. The van der Waals surface area contributed by atoms with Gasteiger partial charge in [0, 0.05) is 33.3 Å². The van der Waals surface area contributed by atoms with Gasteiger partial charge >= 0.3 is 0 Å². The lowest BCUT2D eigenvalue weighted by Gasteiger charge is -2.30. The van der Waals surface area contributed by atoms with E-state index in [1.165, 1.54) is 0 Å². The molecule has 0 bridgehead atoms. The minimum absolute atomic E-state index is 0.315. The quantitative estimate of drug-likeness (QED) is 0.126. The van der Waals surface area contributed by atoms with Crippen molar-refractivity contribution in [3.63, 3.8) is 0 Å². The van der Waals surface area contributed by atoms with E-state index in [1.807, 2.05) is 147 Å². The Labute approximate surface area is 419 Å². The molecule has 12 rings (SSSR count). The van der Waals surface area contributed by atoms with Crippen LogP contribution in [0.1, 0.15) is 22.3 Å². The summed E-state index contributed by atoms with van der Waals surface area (Å²) in [6.07, 6.45) is 0. The third-order valence-corrected chi connectivity index (χ3v) is 14.2. The molecule has 0 aromatic heterocycles. The molecule has 0 saturated heterocycles. The van der Waals surface area contributed by atoms with E-state index < -0.39 is 0 Å². The Morgan fingerprint density at radius 1 is 0.278 bits per heavy atom. The molecule has 0 radical (unpaired) electrons. The lowest BCUT2D eigenvalue weighted by atomic mass is 9.91. The molecule has 0 heterocycles. The van der Waals surface area contributed by atoms with E-state index in [9.17, 15) is 0 Å². The summed E-state index contributed by atoms with van der Waals surface area (Å²) in [6.45, 7) is 8.25. The standard InChI is InChI=1S/C68H50F2N2/c1-43-15-23-47(24-16-43)53-39-59(49-27-19-45(3)20-28-49)67(69)63(41-53)71(55-11-7-5-8-12-55)61-37-33-51-32-36-58-62(38-34-52-31-35-57(61)65(51)66(52)58)72(56-13-9-6-10-14-56)64-42-54(48-25-17-44(2)18-26-48)40-60(68(64)70)50-29-21-46(4)22-30-50/h5-42H,1-4H3. The highest BCUT2D eigenvalue weighted by atomic mass is 19.1. The van der Waals surface area contributed by atoms with Gasteiger partial charge in [-0.1, -0.05) is 192 Å². The highest BCUT2D eigenvalue weighted by Gasteiger charge is 2.27. The van der Waals surface area contributed by atoms with E-state index in [4.69, 9.17) is 0 Å². The molecule has 0 amide bonds. The highest BCUT2D eigenvalue weighted by molar-refractivity contribution is 6.28. The molecule has 0 saturated carbocycles. The Hall–Kier alpha value is -8.86. The van der Waals surface area contributed by atoms with Crippen molar-refractivity contribution in [2.45, 2.75) is 27.7 Å². The molecular formula is C68H50F2N2. The summed E-state index contributed by atoms with van der Waals surface area (Å²) >= 11 is 0. The molecule has 2 nitrogen and oxygen atoms in total. The maximum Gasteiger partial charge on any atom is 0.155 e. The van der Waals surface area contributed by atoms with Gasteiger partial charge in [-0.15, -0.1) is 0 Å². The zero-order chi connectivity index (χ0) is 49.0. The minimum atomic E-state index is -0.315. The number of halogens is 2. The van der Waals surface area contributed by atoms with Gasteiger partial charge in [0.05, 0.1) is 22.7 Å². The van der Waals surface area contributed by atoms with Crippen LogP contribution in [-0.2, 0) is 0 Å². The Morgan fingerprint density at radius 2 is 0.597 bits per heavy atom. The lowest BCUT2D eigenvalue weighted by molar-refractivity contribution is 0.632. The van der Waals surface area contributed by atoms with E-state index in [1.54, 1.807) is 0 Å². The first-order valence-electron chi connectivity index (χ1n) is 24.5. The second-order valence-corrected chi connectivity index (χ2v) is 19.1. The van der Waals surface area contributed by atoms with Gasteiger partial charge in [0.15, 0.2) is 11.6 Å². The number of nitrogens with zero attached hydrogens (tertiary/aromatic N) is 2. The highest BCUT2D eigenvalue weighted by Crippen LogP contribution is 2.50. The number of para-hydroxylation sites is 2. The van der Waals surface area contributed by atoms with Crippen molar-refractivity contribution in [3.8, 4) is 44.5 Å². The van der Waals surface area contributed by atoms with Gasteiger partial charge in [0.2, 0.25) is 0 Å². The fourth-order valence-electron chi connectivity index (χ4n) is 10.4. The summed E-state index contributed by atoms with van der Waals surface area (Å²) in [4.78, 5) is 4.15. The van der Waals surface area contributed by atoms with Gasteiger partial charge in [0.25, 0.3) is 0 Å². The van der Waals surface area contributed by atoms with Crippen LogP contribution in [0.4, 0.5) is 42.9 Å². The van der Waals surface area contributed by atoms with Crippen molar-refractivity contribution < 1.29 is 8.78 Å². The first-order chi connectivity index (χ1) is 35.2. The van der Waals surface area contributed by atoms with Crippen molar-refractivity contribution in [1.82, 2.24) is 0 Å².